The number of rotatable bonds is 3. The molecule has 0 amide bonds. The molecule has 86 valence electrons. The minimum absolute atomic E-state index is 0. The first kappa shape index (κ1) is 14.2. The number of sulfone groups is 1. The zero-order valence-corrected chi connectivity index (χ0v) is 10.5. The first-order valence-corrected chi connectivity index (χ1v) is 6.66. The normalized spacial score (nSPS) is 23.2. The van der Waals surface area contributed by atoms with E-state index in [9.17, 15) is 8.42 Å². The average molecular weight is 242 g/mol. The Labute approximate surface area is 93.0 Å². The van der Waals surface area contributed by atoms with Gasteiger partial charge in [-0.25, -0.2) is 8.42 Å². The number of piperidine rings is 1. The van der Waals surface area contributed by atoms with Gasteiger partial charge in [-0.15, -0.1) is 12.4 Å². The minimum Gasteiger partial charge on any atom is -0.316 e. The SMILES string of the molecule is CC(C)S(=O)(=O)CC1CCCNC1.Cl. The molecule has 1 rings (SSSR count). The summed E-state index contributed by atoms with van der Waals surface area (Å²) in [6, 6.07) is 0. The van der Waals surface area contributed by atoms with E-state index in [1.807, 2.05) is 0 Å². The predicted molar refractivity (Wildman–Crippen MR) is 61.8 cm³/mol. The van der Waals surface area contributed by atoms with Gasteiger partial charge in [0.05, 0.1) is 11.0 Å². The maximum Gasteiger partial charge on any atom is 0.152 e. The van der Waals surface area contributed by atoms with E-state index in [1.54, 1.807) is 13.8 Å². The van der Waals surface area contributed by atoms with Gasteiger partial charge in [0, 0.05) is 0 Å². The van der Waals surface area contributed by atoms with Crippen molar-refractivity contribution in [3.8, 4) is 0 Å². The molecule has 1 aliphatic heterocycles. The van der Waals surface area contributed by atoms with Crippen molar-refractivity contribution in [1.29, 1.82) is 0 Å². The molecule has 14 heavy (non-hydrogen) atoms. The first-order valence-electron chi connectivity index (χ1n) is 4.94. The summed E-state index contributed by atoms with van der Waals surface area (Å²) < 4.78 is 23.1. The lowest BCUT2D eigenvalue weighted by Gasteiger charge is -2.23. The Kier molecular flexibility index (Phi) is 6.02. The summed E-state index contributed by atoms with van der Waals surface area (Å²) in [6.45, 7) is 5.42. The summed E-state index contributed by atoms with van der Waals surface area (Å²) in [6.07, 6.45) is 2.16. The Balaban J connectivity index is 0.00000169. The number of hydrogen-bond donors (Lipinski definition) is 1. The van der Waals surface area contributed by atoms with Crippen molar-refractivity contribution in [2.24, 2.45) is 5.92 Å². The van der Waals surface area contributed by atoms with Crippen molar-refractivity contribution in [2.45, 2.75) is 31.9 Å². The van der Waals surface area contributed by atoms with Gasteiger partial charge >= 0.3 is 0 Å². The molecule has 5 heteroatoms. The smallest absolute Gasteiger partial charge is 0.152 e. The third-order valence-electron chi connectivity index (χ3n) is 2.59. The second kappa shape index (κ2) is 5.93. The standard InChI is InChI=1S/C9H19NO2S.ClH/c1-8(2)13(11,12)7-9-4-3-5-10-6-9;/h8-10H,3-7H2,1-2H3;1H. The quantitative estimate of drug-likeness (QED) is 0.809. The summed E-state index contributed by atoms with van der Waals surface area (Å²) in [5, 5.41) is 3.00. The Morgan fingerprint density at radius 2 is 2.07 bits per heavy atom. The summed E-state index contributed by atoms with van der Waals surface area (Å²) in [5.74, 6) is 0.693. The Bertz CT molecular complexity index is 246. The Hall–Kier alpha value is 0.200. The van der Waals surface area contributed by atoms with Crippen molar-refractivity contribution in [3.05, 3.63) is 0 Å². The molecule has 0 aromatic rings. The predicted octanol–water partition coefficient (Wildman–Crippen LogP) is 1.23. The summed E-state index contributed by atoms with van der Waals surface area (Å²) >= 11 is 0. The van der Waals surface area contributed by atoms with Crippen LogP contribution in [0.25, 0.3) is 0 Å². The molecule has 0 spiro atoms. The molecule has 0 saturated carbocycles. The topological polar surface area (TPSA) is 46.2 Å². The number of nitrogens with one attached hydrogen (secondary N) is 1. The van der Waals surface area contributed by atoms with E-state index in [-0.39, 0.29) is 17.7 Å². The molecule has 0 radical (unpaired) electrons. The second-order valence-corrected chi connectivity index (χ2v) is 6.69. The highest BCUT2D eigenvalue weighted by Crippen LogP contribution is 2.14. The molecule has 1 atom stereocenters. The second-order valence-electron chi connectivity index (χ2n) is 4.09. The van der Waals surface area contributed by atoms with Crippen LogP contribution in [0, 0.1) is 5.92 Å². The fourth-order valence-corrected chi connectivity index (χ4v) is 2.91. The zero-order valence-electron chi connectivity index (χ0n) is 8.82. The Morgan fingerprint density at radius 3 is 2.50 bits per heavy atom. The lowest BCUT2D eigenvalue weighted by molar-refractivity contribution is 0.403. The van der Waals surface area contributed by atoms with Crippen molar-refractivity contribution in [1.82, 2.24) is 5.32 Å². The highest BCUT2D eigenvalue weighted by Gasteiger charge is 2.23. The molecular formula is C9H20ClNO2S. The molecule has 1 fully saturated rings. The molecule has 0 aliphatic carbocycles. The van der Waals surface area contributed by atoms with Crippen LogP contribution in [0.15, 0.2) is 0 Å². The minimum atomic E-state index is -2.84. The molecule has 0 aromatic carbocycles. The lowest BCUT2D eigenvalue weighted by Crippen LogP contribution is -2.35. The van der Waals surface area contributed by atoms with E-state index in [1.165, 1.54) is 0 Å². The largest absolute Gasteiger partial charge is 0.316 e. The van der Waals surface area contributed by atoms with Crippen molar-refractivity contribution in [2.75, 3.05) is 18.8 Å². The van der Waals surface area contributed by atoms with E-state index in [0.29, 0.717) is 11.7 Å². The maximum atomic E-state index is 11.6. The molecule has 1 saturated heterocycles. The van der Waals surface area contributed by atoms with Crippen molar-refractivity contribution in [3.63, 3.8) is 0 Å². The van der Waals surface area contributed by atoms with Crippen LogP contribution in [-0.2, 0) is 9.84 Å². The van der Waals surface area contributed by atoms with Gasteiger partial charge in [-0.1, -0.05) is 0 Å². The zero-order chi connectivity index (χ0) is 9.90. The van der Waals surface area contributed by atoms with E-state index in [4.69, 9.17) is 0 Å². The van der Waals surface area contributed by atoms with Gasteiger partial charge in [-0.3, -0.25) is 0 Å². The first-order chi connectivity index (χ1) is 6.02. The molecule has 1 N–H and O–H groups in total. The Morgan fingerprint density at radius 1 is 1.43 bits per heavy atom. The molecular weight excluding hydrogens is 222 g/mol. The van der Waals surface area contributed by atoms with Gasteiger partial charge in [0.2, 0.25) is 0 Å². The van der Waals surface area contributed by atoms with Crippen molar-refractivity contribution >= 4 is 22.2 Å². The fraction of sp³-hybridized carbons (Fsp3) is 1.00. The van der Waals surface area contributed by atoms with Crippen LogP contribution in [0.5, 0.6) is 0 Å². The monoisotopic (exact) mass is 241 g/mol. The maximum absolute atomic E-state index is 11.6. The third-order valence-corrected chi connectivity index (χ3v) is 4.96. The number of hydrogen-bond acceptors (Lipinski definition) is 3. The van der Waals surface area contributed by atoms with Gasteiger partial charge in [0.15, 0.2) is 9.84 Å². The van der Waals surface area contributed by atoms with Gasteiger partial charge in [-0.2, -0.15) is 0 Å². The van der Waals surface area contributed by atoms with E-state index < -0.39 is 9.84 Å². The molecule has 0 bridgehead atoms. The third kappa shape index (κ3) is 4.15. The molecule has 3 nitrogen and oxygen atoms in total. The van der Waals surface area contributed by atoms with Gasteiger partial charge in [0.25, 0.3) is 0 Å². The number of halogens is 1. The summed E-state index contributed by atoms with van der Waals surface area (Å²) in [5.41, 5.74) is 0. The highest BCUT2D eigenvalue weighted by atomic mass is 35.5. The van der Waals surface area contributed by atoms with Gasteiger partial charge in [0.1, 0.15) is 0 Å². The lowest BCUT2D eigenvalue weighted by atomic mass is 10.0. The van der Waals surface area contributed by atoms with Crippen LogP contribution in [-0.4, -0.2) is 32.5 Å². The van der Waals surface area contributed by atoms with E-state index >= 15 is 0 Å². The van der Waals surface area contributed by atoms with Crippen LogP contribution in [0.3, 0.4) is 0 Å². The molecule has 1 heterocycles. The van der Waals surface area contributed by atoms with Gasteiger partial charge < -0.3 is 5.32 Å². The van der Waals surface area contributed by atoms with E-state index in [2.05, 4.69) is 5.32 Å². The van der Waals surface area contributed by atoms with Crippen molar-refractivity contribution < 1.29 is 8.42 Å². The van der Waals surface area contributed by atoms with Crippen LogP contribution < -0.4 is 5.32 Å². The summed E-state index contributed by atoms with van der Waals surface area (Å²) in [7, 11) is -2.84. The molecule has 0 aromatic heterocycles. The highest BCUT2D eigenvalue weighted by molar-refractivity contribution is 7.91. The van der Waals surface area contributed by atoms with E-state index in [0.717, 1.165) is 25.9 Å². The summed E-state index contributed by atoms with van der Waals surface area (Å²) in [4.78, 5) is 0. The average Bonchev–Trinajstić information content (AvgIpc) is 2.05. The van der Waals surface area contributed by atoms with Crippen LogP contribution >= 0.6 is 12.4 Å². The van der Waals surface area contributed by atoms with Crippen LogP contribution in [0.2, 0.25) is 0 Å². The molecule has 1 aliphatic rings. The van der Waals surface area contributed by atoms with Gasteiger partial charge in [-0.05, 0) is 45.7 Å². The van der Waals surface area contributed by atoms with Crippen LogP contribution in [0.4, 0.5) is 0 Å². The van der Waals surface area contributed by atoms with Crippen LogP contribution in [0.1, 0.15) is 26.7 Å². The molecule has 1 unspecified atom stereocenters. The fourth-order valence-electron chi connectivity index (χ4n) is 1.59.